The number of rotatable bonds is 5. The molecule has 172 valence electrons. The molecule has 7 nitrogen and oxygen atoms in total. The zero-order valence-electron chi connectivity index (χ0n) is 17.7. The number of halogens is 3. The van der Waals surface area contributed by atoms with Gasteiger partial charge in [-0.3, -0.25) is 9.59 Å². The van der Waals surface area contributed by atoms with Gasteiger partial charge in [-0.05, 0) is 24.3 Å². The van der Waals surface area contributed by atoms with Gasteiger partial charge in [-0.2, -0.15) is 0 Å². The smallest absolute Gasteiger partial charge is 0.263 e. The van der Waals surface area contributed by atoms with Crippen molar-refractivity contribution in [2.75, 3.05) is 23.3 Å². The lowest BCUT2D eigenvalue weighted by atomic mass is 10.1. The average molecular weight is 475 g/mol. The number of piperidine rings is 1. The van der Waals surface area contributed by atoms with Crippen molar-refractivity contribution in [1.29, 1.82) is 0 Å². The number of pyridine rings is 2. The van der Waals surface area contributed by atoms with Gasteiger partial charge in [0.15, 0.2) is 11.6 Å². The van der Waals surface area contributed by atoms with Crippen molar-refractivity contribution in [3.05, 3.63) is 81.5 Å². The molecule has 10 heteroatoms. The predicted octanol–water partition coefficient (Wildman–Crippen LogP) is 4.01. The van der Waals surface area contributed by atoms with E-state index in [0.29, 0.717) is 37.3 Å². The van der Waals surface area contributed by atoms with Crippen molar-refractivity contribution in [3.63, 3.8) is 0 Å². The van der Waals surface area contributed by atoms with Crippen LogP contribution in [0.25, 0.3) is 0 Å². The molecule has 2 aromatic heterocycles. The van der Waals surface area contributed by atoms with Gasteiger partial charge >= 0.3 is 0 Å². The molecule has 0 unspecified atom stereocenters. The second-order valence-corrected chi connectivity index (χ2v) is 8.08. The Hall–Kier alpha value is -3.46. The third kappa shape index (κ3) is 5.14. The summed E-state index contributed by atoms with van der Waals surface area (Å²) in [5, 5.41) is 3.01. The molecule has 1 fully saturated rings. The summed E-state index contributed by atoms with van der Waals surface area (Å²) in [5.74, 6) is -1.94. The van der Waals surface area contributed by atoms with Gasteiger partial charge in [0.1, 0.15) is 22.6 Å². The topological polar surface area (TPSA) is 76.5 Å². The zero-order valence-corrected chi connectivity index (χ0v) is 18.5. The highest BCUT2D eigenvalue weighted by Gasteiger charge is 2.25. The molecule has 0 bridgehead atoms. The van der Waals surface area contributed by atoms with E-state index in [4.69, 9.17) is 16.3 Å². The van der Waals surface area contributed by atoms with Crippen LogP contribution in [0.4, 0.5) is 20.2 Å². The molecule has 33 heavy (non-hydrogen) atoms. The van der Waals surface area contributed by atoms with Crippen LogP contribution in [-0.2, 0) is 7.05 Å². The van der Waals surface area contributed by atoms with Gasteiger partial charge in [0.05, 0.1) is 17.6 Å². The van der Waals surface area contributed by atoms with E-state index in [-0.39, 0.29) is 22.6 Å². The van der Waals surface area contributed by atoms with Gasteiger partial charge in [0, 0.05) is 51.3 Å². The highest BCUT2D eigenvalue weighted by Crippen LogP contribution is 2.31. The van der Waals surface area contributed by atoms with Crippen LogP contribution in [0, 0.1) is 11.6 Å². The van der Waals surface area contributed by atoms with Crippen LogP contribution in [0.1, 0.15) is 23.2 Å². The molecule has 0 atom stereocenters. The summed E-state index contributed by atoms with van der Waals surface area (Å²) >= 11 is 6.10. The van der Waals surface area contributed by atoms with E-state index in [0.717, 1.165) is 12.1 Å². The second-order valence-electron chi connectivity index (χ2n) is 7.70. The van der Waals surface area contributed by atoms with Gasteiger partial charge in [0.25, 0.3) is 11.5 Å². The number of nitrogens with zero attached hydrogens (tertiary/aromatic N) is 3. The highest BCUT2D eigenvalue weighted by molar-refractivity contribution is 6.29. The van der Waals surface area contributed by atoms with Crippen LogP contribution < -0.4 is 20.5 Å². The fraction of sp³-hybridized carbons (Fsp3) is 0.261. The van der Waals surface area contributed by atoms with Crippen LogP contribution in [0.2, 0.25) is 5.15 Å². The van der Waals surface area contributed by atoms with Crippen molar-refractivity contribution in [2.24, 2.45) is 7.05 Å². The third-order valence-electron chi connectivity index (χ3n) is 5.44. The first-order valence-corrected chi connectivity index (χ1v) is 10.7. The lowest BCUT2D eigenvalue weighted by molar-refractivity contribution is 0.102. The summed E-state index contributed by atoms with van der Waals surface area (Å²) in [7, 11) is 1.57. The van der Waals surface area contributed by atoms with Gasteiger partial charge < -0.3 is 19.5 Å². The molecule has 0 aliphatic carbocycles. The normalized spacial score (nSPS) is 14.2. The van der Waals surface area contributed by atoms with Crippen LogP contribution in [0.3, 0.4) is 0 Å². The largest absolute Gasteiger partial charge is 0.487 e. The Morgan fingerprint density at radius 2 is 1.97 bits per heavy atom. The SMILES string of the molecule is Cn1cccc(C(=O)Nc2cnc(Cl)cc2N2CCC(Oc3ccc(F)cc3F)CC2)c1=O. The third-order valence-corrected chi connectivity index (χ3v) is 5.64. The summed E-state index contributed by atoms with van der Waals surface area (Å²) in [6.45, 7) is 1.09. The average Bonchev–Trinajstić information content (AvgIpc) is 2.79. The van der Waals surface area contributed by atoms with Crippen molar-refractivity contribution in [1.82, 2.24) is 9.55 Å². The molecule has 3 aromatic rings. The number of anilines is 2. The Kier molecular flexibility index (Phi) is 6.60. The summed E-state index contributed by atoms with van der Waals surface area (Å²) < 4.78 is 34.0. The molecule has 1 aliphatic heterocycles. The maximum absolute atomic E-state index is 13.9. The molecular formula is C23H21ClF2N4O3. The van der Waals surface area contributed by atoms with Crippen LogP contribution in [0.15, 0.2) is 53.6 Å². The maximum atomic E-state index is 13.9. The monoisotopic (exact) mass is 474 g/mol. The van der Waals surface area contributed by atoms with Gasteiger partial charge in [0.2, 0.25) is 0 Å². The van der Waals surface area contributed by atoms with Crippen molar-refractivity contribution < 1.29 is 18.3 Å². The minimum Gasteiger partial charge on any atom is -0.487 e. The zero-order chi connectivity index (χ0) is 23.5. The van der Waals surface area contributed by atoms with E-state index in [2.05, 4.69) is 10.3 Å². The lowest BCUT2D eigenvalue weighted by Crippen LogP contribution is -2.39. The lowest BCUT2D eigenvalue weighted by Gasteiger charge is -2.34. The molecule has 4 rings (SSSR count). The first-order chi connectivity index (χ1) is 15.8. The van der Waals surface area contributed by atoms with E-state index in [1.165, 1.54) is 22.9 Å². The van der Waals surface area contributed by atoms with Gasteiger partial charge in [-0.25, -0.2) is 13.8 Å². The van der Waals surface area contributed by atoms with Crippen molar-refractivity contribution in [2.45, 2.75) is 18.9 Å². The van der Waals surface area contributed by atoms with E-state index >= 15 is 0 Å². The van der Waals surface area contributed by atoms with Crippen molar-refractivity contribution >= 4 is 28.9 Å². The second kappa shape index (κ2) is 9.58. The standard InChI is InChI=1S/C23H21ClF2N4O3/c1-29-8-2-3-16(23(29)32)22(31)28-18-13-27-21(24)12-19(18)30-9-6-15(7-10-30)33-20-5-4-14(25)11-17(20)26/h2-5,8,11-13,15H,6-7,9-10H2,1H3,(H,28,31). The van der Waals surface area contributed by atoms with E-state index in [1.54, 1.807) is 25.4 Å². The number of benzene rings is 1. The molecule has 0 saturated carbocycles. The molecule has 0 spiro atoms. The Balaban J connectivity index is 1.47. The molecule has 1 N–H and O–H groups in total. The van der Waals surface area contributed by atoms with E-state index in [1.807, 2.05) is 4.90 Å². The minimum absolute atomic E-state index is 0.00864. The Bertz CT molecular complexity index is 1240. The molecular weight excluding hydrogens is 454 g/mol. The summed E-state index contributed by atoms with van der Waals surface area (Å²) in [6, 6.07) is 7.94. The predicted molar refractivity (Wildman–Crippen MR) is 121 cm³/mol. The maximum Gasteiger partial charge on any atom is 0.263 e. The number of aromatic nitrogens is 2. The highest BCUT2D eigenvalue weighted by atomic mass is 35.5. The number of carbonyl (C=O) groups is 1. The van der Waals surface area contributed by atoms with Crippen LogP contribution in [0.5, 0.6) is 5.75 Å². The van der Waals surface area contributed by atoms with Crippen LogP contribution >= 0.6 is 11.6 Å². The molecule has 1 saturated heterocycles. The first kappa shape index (κ1) is 22.7. The number of aryl methyl sites for hydroxylation is 1. The van der Waals surface area contributed by atoms with Crippen LogP contribution in [-0.4, -0.2) is 34.7 Å². The van der Waals surface area contributed by atoms with Crippen molar-refractivity contribution in [3.8, 4) is 5.75 Å². The fourth-order valence-corrected chi connectivity index (χ4v) is 3.85. The molecule has 1 aliphatic rings. The number of carbonyl (C=O) groups excluding carboxylic acids is 1. The first-order valence-electron chi connectivity index (χ1n) is 10.3. The Morgan fingerprint density at radius 3 is 2.70 bits per heavy atom. The number of amides is 1. The minimum atomic E-state index is -0.740. The number of ether oxygens (including phenoxy) is 1. The fourth-order valence-electron chi connectivity index (χ4n) is 3.70. The molecule has 3 heterocycles. The number of hydrogen-bond donors (Lipinski definition) is 1. The number of hydrogen-bond acceptors (Lipinski definition) is 5. The Morgan fingerprint density at radius 1 is 1.21 bits per heavy atom. The molecule has 1 amide bonds. The molecule has 0 radical (unpaired) electrons. The quantitative estimate of drug-likeness (QED) is 0.565. The van der Waals surface area contributed by atoms with Gasteiger partial charge in [-0.15, -0.1) is 0 Å². The van der Waals surface area contributed by atoms with Gasteiger partial charge in [-0.1, -0.05) is 11.6 Å². The Labute approximate surface area is 193 Å². The summed E-state index contributed by atoms with van der Waals surface area (Å²) in [5.41, 5.74) is 0.667. The molecule has 1 aromatic carbocycles. The summed E-state index contributed by atoms with van der Waals surface area (Å²) in [6.07, 6.45) is 3.91. The van der Waals surface area contributed by atoms with E-state index in [9.17, 15) is 18.4 Å². The van der Waals surface area contributed by atoms with E-state index < -0.39 is 23.1 Å². The summed E-state index contributed by atoms with van der Waals surface area (Å²) in [4.78, 5) is 31.1. The number of nitrogens with one attached hydrogen (secondary N) is 1.